The van der Waals surface area contributed by atoms with E-state index in [1.807, 2.05) is 6.07 Å². The third-order valence-electron chi connectivity index (χ3n) is 2.75. The van der Waals surface area contributed by atoms with Gasteiger partial charge in [0.05, 0.1) is 4.90 Å². The normalized spacial score (nSPS) is 16.4. The first-order valence-corrected chi connectivity index (χ1v) is 7.19. The molecule has 96 valence electrons. The van der Waals surface area contributed by atoms with Crippen LogP contribution >= 0.6 is 28.3 Å². The molecule has 0 aliphatic carbocycles. The molecule has 1 aromatic carbocycles. The van der Waals surface area contributed by atoms with E-state index >= 15 is 0 Å². The third kappa shape index (κ3) is 3.00. The van der Waals surface area contributed by atoms with Gasteiger partial charge in [-0.15, -0.1) is 12.4 Å². The first kappa shape index (κ1) is 14.9. The maximum absolute atomic E-state index is 12.2. The predicted molar refractivity (Wildman–Crippen MR) is 73.0 cm³/mol. The zero-order chi connectivity index (χ0) is 11.8. The van der Waals surface area contributed by atoms with Gasteiger partial charge in [0.2, 0.25) is 10.0 Å². The minimum Gasteiger partial charge on any atom is -0.313 e. The second kappa shape index (κ2) is 5.67. The molecular formula is C10H14BrClN2O2S. The average Bonchev–Trinajstić information content (AvgIpc) is 2.15. The van der Waals surface area contributed by atoms with Crippen molar-refractivity contribution in [3.8, 4) is 0 Å². The lowest BCUT2D eigenvalue weighted by Crippen LogP contribution is -2.57. The molecule has 1 saturated heterocycles. The molecule has 1 heterocycles. The number of nitrogens with zero attached hydrogens (tertiary/aromatic N) is 1. The van der Waals surface area contributed by atoms with Crippen LogP contribution in [0.15, 0.2) is 33.6 Å². The Labute approximate surface area is 116 Å². The molecule has 0 atom stereocenters. The molecule has 4 nitrogen and oxygen atoms in total. The fourth-order valence-corrected chi connectivity index (χ4v) is 3.47. The van der Waals surface area contributed by atoms with Gasteiger partial charge in [0.15, 0.2) is 0 Å². The Morgan fingerprint density at radius 1 is 1.41 bits per heavy atom. The van der Waals surface area contributed by atoms with Crippen molar-refractivity contribution in [3.63, 3.8) is 0 Å². The van der Waals surface area contributed by atoms with Gasteiger partial charge >= 0.3 is 0 Å². The van der Waals surface area contributed by atoms with Crippen LogP contribution < -0.4 is 5.32 Å². The van der Waals surface area contributed by atoms with Crippen molar-refractivity contribution in [1.82, 2.24) is 9.62 Å². The van der Waals surface area contributed by atoms with Crippen LogP contribution in [-0.2, 0) is 10.0 Å². The molecule has 1 aliphatic rings. The van der Waals surface area contributed by atoms with Gasteiger partial charge in [-0.25, -0.2) is 8.42 Å². The van der Waals surface area contributed by atoms with Gasteiger partial charge in [-0.2, -0.15) is 4.31 Å². The molecule has 0 amide bonds. The molecule has 2 rings (SSSR count). The summed E-state index contributed by atoms with van der Waals surface area (Å²) in [5.41, 5.74) is 0. The summed E-state index contributed by atoms with van der Waals surface area (Å²) < 4.78 is 26.6. The van der Waals surface area contributed by atoms with E-state index in [0.29, 0.717) is 4.90 Å². The Morgan fingerprint density at radius 3 is 2.53 bits per heavy atom. The van der Waals surface area contributed by atoms with E-state index in [1.54, 1.807) is 25.2 Å². The van der Waals surface area contributed by atoms with Crippen molar-refractivity contribution < 1.29 is 8.42 Å². The van der Waals surface area contributed by atoms with Crippen molar-refractivity contribution >= 4 is 38.4 Å². The summed E-state index contributed by atoms with van der Waals surface area (Å²) in [6, 6.07) is 6.85. The summed E-state index contributed by atoms with van der Waals surface area (Å²) in [5, 5.41) is 3.06. The highest BCUT2D eigenvalue weighted by molar-refractivity contribution is 9.10. The van der Waals surface area contributed by atoms with Crippen molar-refractivity contribution in [3.05, 3.63) is 28.7 Å². The molecule has 1 fully saturated rings. The van der Waals surface area contributed by atoms with Crippen LogP contribution in [0.4, 0.5) is 0 Å². The summed E-state index contributed by atoms with van der Waals surface area (Å²) in [7, 11) is -1.73. The molecule has 0 unspecified atom stereocenters. The van der Waals surface area contributed by atoms with E-state index in [-0.39, 0.29) is 18.4 Å². The number of nitrogens with one attached hydrogen (secondary N) is 1. The lowest BCUT2D eigenvalue weighted by atomic mass is 10.2. The molecule has 0 saturated carbocycles. The number of hydrogen-bond acceptors (Lipinski definition) is 3. The monoisotopic (exact) mass is 340 g/mol. The Bertz CT molecular complexity index is 491. The van der Waals surface area contributed by atoms with Crippen LogP contribution in [0.2, 0.25) is 0 Å². The van der Waals surface area contributed by atoms with E-state index in [0.717, 1.165) is 17.6 Å². The smallest absolute Gasteiger partial charge is 0.243 e. The minimum absolute atomic E-state index is 0. The van der Waals surface area contributed by atoms with Gasteiger partial charge < -0.3 is 5.32 Å². The second-order valence-corrected chi connectivity index (χ2v) is 6.70. The van der Waals surface area contributed by atoms with E-state index in [9.17, 15) is 8.42 Å². The number of rotatable bonds is 3. The van der Waals surface area contributed by atoms with Crippen molar-refractivity contribution in [1.29, 1.82) is 0 Å². The molecule has 1 aromatic rings. The summed E-state index contributed by atoms with van der Waals surface area (Å²) in [6.07, 6.45) is 0. The minimum atomic E-state index is -3.36. The van der Waals surface area contributed by atoms with Gasteiger partial charge in [0.1, 0.15) is 0 Å². The molecule has 0 radical (unpaired) electrons. The second-order valence-electron chi connectivity index (χ2n) is 3.79. The standard InChI is InChI=1S/C10H13BrN2O2S.ClH/c1-13(9-6-12-7-9)16(14,15)10-4-2-3-8(11)5-10;/h2-5,9,12H,6-7H2,1H3;1H. The van der Waals surface area contributed by atoms with Gasteiger partial charge in [0.25, 0.3) is 0 Å². The van der Waals surface area contributed by atoms with Crippen molar-refractivity contribution in [2.45, 2.75) is 10.9 Å². The largest absolute Gasteiger partial charge is 0.313 e. The Morgan fingerprint density at radius 2 is 2.06 bits per heavy atom. The van der Waals surface area contributed by atoms with Gasteiger partial charge in [-0.1, -0.05) is 22.0 Å². The zero-order valence-corrected chi connectivity index (χ0v) is 12.5. The number of benzene rings is 1. The predicted octanol–water partition coefficient (Wildman–Crippen LogP) is 1.46. The van der Waals surface area contributed by atoms with Crippen LogP contribution in [0.3, 0.4) is 0 Å². The molecule has 1 N–H and O–H groups in total. The van der Waals surface area contributed by atoms with E-state index in [4.69, 9.17) is 0 Å². The quantitative estimate of drug-likeness (QED) is 0.905. The van der Waals surface area contributed by atoms with Crippen molar-refractivity contribution in [2.24, 2.45) is 0 Å². The number of halogens is 2. The SMILES string of the molecule is CN(C1CNC1)S(=O)(=O)c1cccc(Br)c1.Cl. The van der Waals surface area contributed by atoms with Crippen LogP contribution in [0.25, 0.3) is 0 Å². The Hall–Kier alpha value is -0.140. The van der Waals surface area contributed by atoms with Crippen molar-refractivity contribution in [2.75, 3.05) is 20.1 Å². The van der Waals surface area contributed by atoms with Crippen LogP contribution in [0, 0.1) is 0 Å². The molecule has 1 aliphatic heterocycles. The van der Waals surface area contributed by atoms with Gasteiger partial charge in [-0.05, 0) is 18.2 Å². The summed E-state index contributed by atoms with van der Waals surface area (Å²) >= 11 is 3.28. The maximum atomic E-state index is 12.2. The number of sulfonamides is 1. The molecule has 17 heavy (non-hydrogen) atoms. The first-order valence-electron chi connectivity index (χ1n) is 4.96. The molecule has 0 bridgehead atoms. The number of hydrogen-bond donors (Lipinski definition) is 1. The van der Waals surface area contributed by atoms with Crippen LogP contribution in [0.1, 0.15) is 0 Å². The average molecular weight is 342 g/mol. The fraction of sp³-hybridized carbons (Fsp3) is 0.400. The zero-order valence-electron chi connectivity index (χ0n) is 9.26. The molecule has 0 aromatic heterocycles. The highest BCUT2D eigenvalue weighted by atomic mass is 79.9. The maximum Gasteiger partial charge on any atom is 0.243 e. The highest BCUT2D eigenvalue weighted by Gasteiger charge is 2.31. The molecule has 0 spiro atoms. The number of likely N-dealkylation sites (N-methyl/N-ethyl adjacent to an activating group) is 1. The lowest BCUT2D eigenvalue weighted by Gasteiger charge is -2.34. The first-order chi connectivity index (χ1) is 7.51. The van der Waals surface area contributed by atoms with Crippen LogP contribution in [0.5, 0.6) is 0 Å². The molecule has 7 heteroatoms. The van der Waals surface area contributed by atoms with E-state index in [2.05, 4.69) is 21.2 Å². The summed E-state index contributed by atoms with van der Waals surface area (Å²) in [6.45, 7) is 1.45. The van der Waals surface area contributed by atoms with Crippen LogP contribution in [-0.4, -0.2) is 38.9 Å². The summed E-state index contributed by atoms with van der Waals surface area (Å²) in [5.74, 6) is 0. The Balaban J connectivity index is 0.00000144. The van der Waals surface area contributed by atoms with Gasteiger partial charge in [0, 0.05) is 30.7 Å². The van der Waals surface area contributed by atoms with E-state index in [1.165, 1.54) is 4.31 Å². The molecular weight excluding hydrogens is 328 g/mol. The van der Waals surface area contributed by atoms with E-state index < -0.39 is 10.0 Å². The van der Waals surface area contributed by atoms with Gasteiger partial charge in [-0.3, -0.25) is 0 Å². The Kier molecular flexibility index (Phi) is 4.97. The fourth-order valence-electron chi connectivity index (χ4n) is 1.52. The lowest BCUT2D eigenvalue weighted by molar-refractivity contribution is 0.274. The topological polar surface area (TPSA) is 49.4 Å². The third-order valence-corrected chi connectivity index (χ3v) is 5.15. The summed E-state index contributed by atoms with van der Waals surface area (Å²) in [4.78, 5) is 0.330. The highest BCUT2D eigenvalue weighted by Crippen LogP contribution is 2.21.